The van der Waals surface area contributed by atoms with Gasteiger partial charge in [-0.15, -0.1) is 5.10 Å². The van der Waals surface area contributed by atoms with E-state index in [9.17, 15) is 4.79 Å². The van der Waals surface area contributed by atoms with E-state index in [0.717, 1.165) is 30.4 Å². The number of hydrogen-bond acceptors (Lipinski definition) is 4. The number of ether oxygens (including phenoxy) is 1. The Labute approximate surface area is 140 Å². The van der Waals surface area contributed by atoms with Crippen LogP contribution in [-0.2, 0) is 19.9 Å². The van der Waals surface area contributed by atoms with Crippen LogP contribution in [0.3, 0.4) is 0 Å². The van der Waals surface area contributed by atoms with Crippen LogP contribution in [0, 0.1) is 0 Å². The molecule has 1 heterocycles. The average molecular weight is 334 g/mol. The molecule has 2 N–H and O–H groups in total. The highest BCUT2D eigenvalue weighted by atomic mass is 35.5. The molecule has 0 spiro atoms. The predicted octanol–water partition coefficient (Wildman–Crippen LogP) is 3.42. The molecule has 3 rings (SSSR count). The largest absolute Gasteiger partial charge is 0.436 e. The van der Waals surface area contributed by atoms with Crippen LogP contribution >= 0.6 is 11.6 Å². The molecule has 0 amide bonds. The van der Waals surface area contributed by atoms with Gasteiger partial charge in [0, 0.05) is 29.9 Å². The molecule has 1 aliphatic rings. The Balaban J connectivity index is 2.07. The second-order valence-electron chi connectivity index (χ2n) is 6.21. The lowest BCUT2D eigenvalue weighted by Gasteiger charge is -2.15. The highest BCUT2D eigenvalue weighted by molar-refractivity contribution is 6.32. The zero-order valence-corrected chi connectivity index (χ0v) is 14.3. The van der Waals surface area contributed by atoms with Gasteiger partial charge in [0.05, 0.1) is 5.02 Å². The number of aryl methyl sites for hydroxylation is 1. The van der Waals surface area contributed by atoms with Crippen LogP contribution in [0.4, 0.5) is 5.69 Å². The van der Waals surface area contributed by atoms with Crippen LogP contribution in [0.5, 0.6) is 11.6 Å². The van der Waals surface area contributed by atoms with Crippen LogP contribution in [0.15, 0.2) is 16.9 Å². The van der Waals surface area contributed by atoms with E-state index in [1.807, 2.05) is 13.8 Å². The van der Waals surface area contributed by atoms with E-state index in [4.69, 9.17) is 22.1 Å². The van der Waals surface area contributed by atoms with Crippen molar-refractivity contribution in [3.63, 3.8) is 0 Å². The minimum Gasteiger partial charge on any atom is -0.436 e. The van der Waals surface area contributed by atoms with E-state index in [-0.39, 0.29) is 11.5 Å². The number of halogens is 1. The molecule has 0 atom stereocenters. The molecule has 0 radical (unpaired) electrons. The van der Waals surface area contributed by atoms with Gasteiger partial charge in [0.25, 0.3) is 5.56 Å². The van der Waals surface area contributed by atoms with Crippen LogP contribution in [-0.4, -0.2) is 9.78 Å². The lowest BCUT2D eigenvalue weighted by atomic mass is 10.1. The van der Waals surface area contributed by atoms with Gasteiger partial charge in [-0.05, 0) is 36.8 Å². The monoisotopic (exact) mass is 333 g/mol. The first-order valence-electron chi connectivity index (χ1n) is 7.74. The first-order valence-corrected chi connectivity index (χ1v) is 8.12. The van der Waals surface area contributed by atoms with Crippen molar-refractivity contribution in [3.8, 4) is 11.6 Å². The Bertz CT molecular complexity index is 828. The summed E-state index contributed by atoms with van der Waals surface area (Å²) in [6, 6.07) is 3.42. The summed E-state index contributed by atoms with van der Waals surface area (Å²) in [5.74, 6) is 1.07. The van der Waals surface area contributed by atoms with Crippen molar-refractivity contribution in [2.45, 2.75) is 39.0 Å². The van der Waals surface area contributed by atoms with Gasteiger partial charge in [-0.3, -0.25) is 4.79 Å². The first kappa shape index (κ1) is 15.9. The molecule has 1 aliphatic carbocycles. The first-order chi connectivity index (χ1) is 10.9. The number of fused-ring (bicyclic) bond motifs is 1. The predicted molar refractivity (Wildman–Crippen MR) is 91.5 cm³/mol. The molecule has 122 valence electrons. The molecule has 2 aromatic rings. The number of nitrogens with two attached hydrogens (primary N) is 1. The maximum Gasteiger partial charge on any atom is 0.270 e. The fraction of sp³-hybridized carbons (Fsp3) is 0.412. The highest BCUT2D eigenvalue weighted by Crippen LogP contribution is 2.41. The second-order valence-corrected chi connectivity index (χ2v) is 6.62. The number of anilines is 1. The summed E-state index contributed by atoms with van der Waals surface area (Å²) in [6.07, 6.45) is 2.86. The fourth-order valence-corrected chi connectivity index (χ4v) is 3.30. The van der Waals surface area contributed by atoms with Crippen molar-refractivity contribution in [2.24, 2.45) is 7.05 Å². The molecule has 0 aliphatic heterocycles. The highest BCUT2D eigenvalue weighted by Gasteiger charge is 2.23. The maximum absolute atomic E-state index is 12.1. The quantitative estimate of drug-likeness (QED) is 0.874. The topological polar surface area (TPSA) is 70.1 Å². The Morgan fingerprint density at radius 2 is 2.00 bits per heavy atom. The van der Waals surface area contributed by atoms with Gasteiger partial charge in [-0.1, -0.05) is 25.4 Å². The van der Waals surface area contributed by atoms with E-state index < -0.39 is 0 Å². The van der Waals surface area contributed by atoms with Crippen molar-refractivity contribution in [1.29, 1.82) is 0 Å². The molecule has 1 aromatic heterocycles. The SMILES string of the molecule is CC(C)c1cc(Oc2c(Cl)cc(N)c3c2CCC3)nn(C)c1=O. The Morgan fingerprint density at radius 1 is 1.30 bits per heavy atom. The molecular weight excluding hydrogens is 314 g/mol. The smallest absolute Gasteiger partial charge is 0.270 e. The van der Waals surface area contributed by atoms with E-state index >= 15 is 0 Å². The third-order valence-corrected chi connectivity index (χ3v) is 4.52. The van der Waals surface area contributed by atoms with E-state index in [2.05, 4.69) is 5.10 Å². The number of aromatic nitrogens is 2. The fourth-order valence-electron chi connectivity index (χ4n) is 3.03. The van der Waals surface area contributed by atoms with Crippen molar-refractivity contribution in [1.82, 2.24) is 9.78 Å². The lowest BCUT2D eigenvalue weighted by molar-refractivity contribution is 0.433. The van der Waals surface area contributed by atoms with Gasteiger partial charge in [-0.2, -0.15) is 0 Å². The molecule has 1 aromatic carbocycles. The Kier molecular flexibility index (Phi) is 4.06. The maximum atomic E-state index is 12.1. The number of rotatable bonds is 3. The lowest BCUT2D eigenvalue weighted by Crippen LogP contribution is -2.24. The third-order valence-electron chi connectivity index (χ3n) is 4.24. The van der Waals surface area contributed by atoms with Gasteiger partial charge >= 0.3 is 0 Å². The van der Waals surface area contributed by atoms with E-state index in [1.165, 1.54) is 4.68 Å². The summed E-state index contributed by atoms with van der Waals surface area (Å²) < 4.78 is 7.28. The normalized spacial score (nSPS) is 13.4. The number of nitrogen functional groups attached to an aromatic ring is 1. The van der Waals surface area contributed by atoms with Gasteiger partial charge in [0.15, 0.2) is 5.75 Å². The van der Waals surface area contributed by atoms with Gasteiger partial charge in [0.1, 0.15) is 0 Å². The van der Waals surface area contributed by atoms with Gasteiger partial charge in [-0.25, -0.2) is 4.68 Å². The van der Waals surface area contributed by atoms with E-state index in [1.54, 1.807) is 19.2 Å². The Morgan fingerprint density at radius 3 is 2.70 bits per heavy atom. The standard InChI is InChI=1S/C17H20ClN3O2/c1-9(2)12-7-15(20-21(3)17(12)22)23-16-11-6-4-5-10(11)14(19)8-13(16)18/h7-9H,4-6,19H2,1-3H3. The third kappa shape index (κ3) is 2.81. The Hall–Kier alpha value is -2.01. The van der Waals surface area contributed by atoms with Crippen molar-refractivity contribution in [3.05, 3.63) is 44.2 Å². The summed E-state index contributed by atoms with van der Waals surface area (Å²) in [5.41, 5.74) is 9.47. The summed E-state index contributed by atoms with van der Waals surface area (Å²) in [6.45, 7) is 3.93. The molecule has 0 saturated heterocycles. The minimum absolute atomic E-state index is 0.0895. The molecule has 0 fully saturated rings. The zero-order valence-electron chi connectivity index (χ0n) is 13.5. The van der Waals surface area contributed by atoms with Crippen LogP contribution in [0.25, 0.3) is 0 Å². The number of hydrogen-bond donors (Lipinski definition) is 1. The van der Waals surface area contributed by atoms with Gasteiger partial charge < -0.3 is 10.5 Å². The van der Waals surface area contributed by atoms with Crippen LogP contribution in [0.1, 0.15) is 42.9 Å². The molecule has 5 nitrogen and oxygen atoms in total. The summed E-state index contributed by atoms with van der Waals surface area (Å²) in [5, 5.41) is 4.67. The minimum atomic E-state index is -0.110. The summed E-state index contributed by atoms with van der Waals surface area (Å²) in [7, 11) is 1.62. The number of nitrogens with zero attached hydrogens (tertiary/aromatic N) is 2. The molecule has 23 heavy (non-hydrogen) atoms. The summed E-state index contributed by atoms with van der Waals surface area (Å²) in [4.78, 5) is 12.1. The molecule has 0 unspecified atom stereocenters. The second kappa shape index (κ2) is 5.89. The van der Waals surface area contributed by atoms with E-state index in [0.29, 0.717) is 27.9 Å². The zero-order chi connectivity index (χ0) is 16.7. The van der Waals surface area contributed by atoms with Crippen LogP contribution < -0.4 is 16.0 Å². The average Bonchev–Trinajstić information content (AvgIpc) is 2.96. The molecule has 0 saturated carbocycles. The summed E-state index contributed by atoms with van der Waals surface area (Å²) >= 11 is 6.34. The van der Waals surface area contributed by atoms with Gasteiger partial charge in [0.2, 0.25) is 5.88 Å². The molecule has 6 heteroatoms. The van der Waals surface area contributed by atoms with Crippen molar-refractivity contribution >= 4 is 17.3 Å². The van der Waals surface area contributed by atoms with Crippen molar-refractivity contribution in [2.75, 3.05) is 5.73 Å². The van der Waals surface area contributed by atoms with Crippen LogP contribution in [0.2, 0.25) is 5.02 Å². The molecular formula is C17H20ClN3O2. The van der Waals surface area contributed by atoms with Crippen molar-refractivity contribution < 1.29 is 4.74 Å². The molecule has 0 bridgehead atoms. The number of benzene rings is 1.